The molecule has 6 heteroatoms. The summed E-state index contributed by atoms with van der Waals surface area (Å²) in [5.74, 6) is 0. The van der Waals surface area contributed by atoms with Gasteiger partial charge in [0.1, 0.15) is 0 Å². The van der Waals surface area contributed by atoms with E-state index in [1.807, 2.05) is 36.9 Å². The molecule has 4 nitrogen and oxygen atoms in total. The molecule has 3 aliphatic rings. The van der Waals surface area contributed by atoms with E-state index in [0.717, 1.165) is 22.3 Å². The number of hydrogen-bond acceptors (Lipinski definition) is 4. The molecule has 66 heavy (non-hydrogen) atoms. The van der Waals surface area contributed by atoms with E-state index in [-0.39, 0.29) is 13.4 Å². The lowest BCUT2D eigenvalue weighted by Gasteiger charge is -2.50. The molecular weight excluding hydrogens is 798 g/mol. The monoisotopic (exact) mass is 844 g/mol. The minimum absolute atomic E-state index is 0.0299. The third-order valence-corrected chi connectivity index (χ3v) is 14.8. The standard InChI is InChI=1S/C60H46B2N4/c1-35-25-37(3)55(38(4)26-35)61-49-21-19-41(45-15-11-23-63-33-45)29-51(49)65-54-32-44-14-8-10-18-48(44)58-60(54)66(53-31-43-13-7-9-17-47(43)57(61)59(53)65)52-30-42(46-16-12-24-64-34-46)20-22-50(52)62(58)56-39(5)27-36(2)28-40(56)6/h7-34H,1-6H3. The van der Waals surface area contributed by atoms with E-state index in [0.29, 0.717) is 0 Å². The average Bonchev–Trinajstić information content (AvgIpc) is 3.32. The van der Waals surface area contributed by atoms with Gasteiger partial charge in [0.25, 0.3) is 0 Å². The highest BCUT2D eigenvalue weighted by molar-refractivity contribution is 7.01. The number of aryl methyl sites for hydroxylation is 6. The Kier molecular flexibility index (Phi) is 8.46. The summed E-state index contributed by atoms with van der Waals surface area (Å²) in [5, 5.41) is 5.03. The number of fused-ring (bicyclic) bond motifs is 10. The van der Waals surface area contributed by atoms with E-state index in [9.17, 15) is 0 Å². The molecule has 10 aromatic rings. The maximum absolute atomic E-state index is 4.59. The third kappa shape index (κ3) is 5.54. The summed E-state index contributed by atoms with van der Waals surface area (Å²) in [6, 6.07) is 55.5. The summed E-state index contributed by atoms with van der Waals surface area (Å²) in [6.07, 6.45) is 7.71. The molecule has 0 amide bonds. The van der Waals surface area contributed by atoms with E-state index in [1.54, 1.807) is 0 Å². The Morgan fingerprint density at radius 3 is 1.17 bits per heavy atom. The van der Waals surface area contributed by atoms with Gasteiger partial charge in [-0.05, 0) is 132 Å². The zero-order valence-corrected chi connectivity index (χ0v) is 38.1. The van der Waals surface area contributed by atoms with E-state index < -0.39 is 0 Å². The SMILES string of the molecule is Cc1cc(C)c(B2c3ccc(-c4cccnc4)cc3N3c4cc5ccccc5c5c4N(c4cc(-c6cccnc6)ccc4B5c4c(C)cc(C)cc4C)c4cc5ccccc5c2c43)c(C)c1. The Hall–Kier alpha value is -7.69. The lowest BCUT2D eigenvalue weighted by Crippen LogP contribution is -2.62. The summed E-state index contributed by atoms with van der Waals surface area (Å²) in [4.78, 5) is 14.5. The van der Waals surface area contributed by atoms with Gasteiger partial charge in [0.2, 0.25) is 13.4 Å². The molecule has 0 radical (unpaired) electrons. The summed E-state index contributed by atoms with van der Waals surface area (Å²) in [6.45, 7) is 13.6. The van der Waals surface area contributed by atoms with Crippen molar-refractivity contribution in [2.75, 3.05) is 9.80 Å². The van der Waals surface area contributed by atoms with Gasteiger partial charge in [-0.1, -0.05) is 154 Å². The van der Waals surface area contributed by atoms with Crippen molar-refractivity contribution in [2.45, 2.75) is 41.5 Å². The van der Waals surface area contributed by atoms with Crippen molar-refractivity contribution < 1.29 is 0 Å². The van der Waals surface area contributed by atoms with E-state index >= 15 is 0 Å². The Labute approximate surface area is 387 Å². The van der Waals surface area contributed by atoms with Crippen LogP contribution in [0.25, 0.3) is 43.8 Å². The number of aromatic nitrogens is 2. The van der Waals surface area contributed by atoms with Crippen LogP contribution in [-0.4, -0.2) is 23.4 Å². The lowest BCUT2D eigenvalue weighted by molar-refractivity contribution is 1.19. The smallest absolute Gasteiger partial charge is 0.248 e. The molecule has 0 aliphatic carbocycles. The second-order valence-electron chi connectivity index (χ2n) is 19.0. The van der Waals surface area contributed by atoms with Crippen molar-refractivity contribution in [1.29, 1.82) is 0 Å². The van der Waals surface area contributed by atoms with Gasteiger partial charge < -0.3 is 9.80 Å². The number of pyridine rings is 2. The van der Waals surface area contributed by atoms with Crippen LogP contribution in [0.15, 0.2) is 170 Å². The first-order chi connectivity index (χ1) is 32.2. The zero-order valence-electron chi connectivity index (χ0n) is 38.1. The molecule has 0 saturated heterocycles. The second-order valence-corrected chi connectivity index (χ2v) is 19.0. The summed E-state index contributed by atoms with van der Waals surface area (Å²) in [5.41, 5.74) is 27.7. The van der Waals surface area contributed by atoms with Gasteiger partial charge >= 0.3 is 0 Å². The van der Waals surface area contributed by atoms with Crippen LogP contribution in [0.3, 0.4) is 0 Å². The zero-order chi connectivity index (χ0) is 44.5. The van der Waals surface area contributed by atoms with Crippen LogP contribution in [0.2, 0.25) is 0 Å². The molecule has 8 aromatic carbocycles. The Balaban J connectivity index is 1.23. The molecule has 0 saturated carbocycles. The number of anilines is 6. The van der Waals surface area contributed by atoms with Crippen LogP contribution >= 0.6 is 0 Å². The Morgan fingerprint density at radius 2 is 0.773 bits per heavy atom. The molecule has 13 rings (SSSR count). The van der Waals surface area contributed by atoms with Crippen molar-refractivity contribution in [2.24, 2.45) is 0 Å². The van der Waals surface area contributed by atoms with Gasteiger partial charge in [0, 0.05) is 47.3 Å². The molecule has 0 unspecified atom stereocenters. The van der Waals surface area contributed by atoms with Crippen LogP contribution in [0, 0.1) is 41.5 Å². The van der Waals surface area contributed by atoms with Gasteiger partial charge in [0.15, 0.2) is 0 Å². The maximum atomic E-state index is 4.59. The predicted molar refractivity (Wildman–Crippen MR) is 281 cm³/mol. The van der Waals surface area contributed by atoms with Crippen molar-refractivity contribution >= 4 is 102 Å². The first kappa shape index (κ1) is 38.7. The molecular formula is C60H46B2N4. The lowest BCUT2D eigenvalue weighted by atomic mass is 9.32. The normalized spacial score (nSPS) is 13.2. The van der Waals surface area contributed by atoms with Crippen molar-refractivity contribution in [3.05, 3.63) is 204 Å². The molecule has 0 spiro atoms. The fourth-order valence-corrected chi connectivity index (χ4v) is 12.4. The average molecular weight is 845 g/mol. The van der Waals surface area contributed by atoms with Gasteiger partial charge in [0.05, 0.1) is 22.7 Å². The molecule has 312 valence electrons. The van der Waals surface area contributed by atoms with Crippen molar-refractivity contribution in [3.8, 4) is 22.3 Å². The molecule has 2 aromatic heterocycles. The first-order valence-corrected chi connectivity index (χ1v) is 23.2. The Morgan fingerprint density at radius 1 is 0.364 bits per heavy atom. The van der Waals surface area contributed by atoms with Gasteiger partial charge in [-0.25, -0.2) is 0 Å². The fourth-order valence-electron chi connectivity index (χ4n) is 12.4. The third-order valence-electron chi connectivity index (χ3n) is 14.8. The quantitative estimate of drug-likeness (QED) is 0.165. The van der Waals surface area contributed by atoms with E-state index in [4.69, 9.17) is 0 Å². The first-order valence-electron chi connectivity index (χ1n) is 23.2. The molecule has 0 bridgehead atoms. The number of nitrogens with zero attached hydrogens (tertiary/aromatic N) is 4. The van der Waals surface area contributed by atoms with Crippen LogP contribution in [0.5, 0.6) is 0 Å². The van der Waals surface area contributed by atoms with Gasteiger partial charge in [-0.2, -0.15) is 0 Å². The molecule has 3 aliphatic heterocycles. The minimum Gasteiger partial charge on any atom is -0.307 e. The number of hydrogen-bond donors (Lipinski definition) is 0. The molecule has 0 fully saturated rings. The van der Waals surface area contributed by atoms with E-state index in [2.05, 4.69) is 195 Å². The van der Waals surface area contributed by atoms with Crippen LogP contribution < -0.4 is 42.6 Å². The topological polar surface area (TPSA) is 32.3 Å². The molecule has 0 atom stereocenters. The second kappa shape index (κ2) is 14.4. The van der Waals surface area contributed by atoms with Crippen molar-refractivity contribution in [3.63, 3.8) is 0 Å². The highest BCUT2D eigenvalue weighted by Gasteiger charge is 2.48. The van der Waals surface area contributed by atoms with Crippen LogP contribution in [0.4, 0.5) is 34.1 Å². The predicted octanol–water partition coefficient (Wildman–Crippen LogP) is 10.9. The summed E-state index contributed by atoms with van der Waals surface area (Å²) < 4.78 is 0. The number of rotatable bonds is 4. The highest BCUT2D eigenvalue weighted by Crippen LogP contribution is 2.57. The largest absolute Gasteiger partial charge is 0.307 e. The summed E-state index contributed by atoms with van der Waals surface area (Å²) in [7, 11) is 0. The number of benzene rings is 8. The fraction of sp³-hybridized carbons (Fsp3) is 0.100. The van der Waals surface area contributed by atoms with E-state index in [1.165, 1.54) is 122 Å². The summed E-state index contributed by atoms with van der Waals surface area (Å²) >= 11 is 0. The highest BCUT2D eigenvalue weighted by atomic mass is 15.3. The molecule has 0 N–H and O–H groups in total. The minimum atomic E-state index is -0.0299. The Bertz CT molecular complexity index is 3400. The van der Waals surface area contributed by atoms with Gasteiger partial charge in [-0.15, -0.1) is 0 Å². The molecule has 5 heterocycles. The van der Waals surface area contributed by atoms with Crippen molar-refractivity contribution in [1.82, 2.24) is 9.97 Å². The van der Waals surface area contributed by atoms with Gasteiger partial charge in [-0.3, -0.25) is 9.97 Å². The van der Waals surface area contributed by atoms with Crippen LogP contribution in [0.1, 0.15) is 33.4 Å². The maximum Gasteiger partial charge on any atom is 0.248 e. The van der Waals surface area contributed by atoms with Crippen LogP contribution in [-0.2, 0) is 0 Å².